The Balaban J connectivity index is 1.58. The van der Waals surface area contributed by atoms with Gasteiger partial charge in [0.1, 0.15) is 0 Å². The summed E-state index contributed by atoms with van der Waals surface area (Å²) in [6, 6.07) is 4.09. The molecule has 1 aromatic rings. The van der Waals surface area contributed by atoms with Crippen LogP contribution in [0, 0.1) is 5.92 Å². The van der Waals surface area contributed by atoms with Gasteiger partial charge in [-0.25, -0.2) is 0 Å². The van der Waals surface area contributed by atoms with Crippen LogP contribution in [0.4, 0.5) is 13.2 Å². The zero-order chi connectivity index (χ0) is 13.7. The van der Waals surface area contributed by atoms with E-state index in [0.29, 0.717) is 13.1 Å². The highest BCUT2D eigenvalue weighted by Crippen LogP contribution is 2.33. The first-order valence-corrected chi connectivity index (χ1v) is 7.46. The lowest BCUT2D eigenvalue weighted by molar-refractivity contribution is -0.184. The predicted octanol–water partition coefficient (Wildman–Crippen LogP) is 3.11. The molecule has 0 amide bonds. The zero-order valence-corrected chi connectivity index (χ0v) is 11.6. The van der Waals surface area contributed by atoms with Gasteiger partial charge in [-0.05, 0) is 37.4 Å². The van der Waals surface area contributed by atoms with Crippen molar-refractivity contribution in [3.63, 3.8) is 0 Å². The third-order valence-electron chi connectivity index (χ3n) is 3.53. The van der Waals surface area contributed by atoms with Gasteiger partial charge in [-0.2, -0.15) is 13.2 Å². The first-order chi connectivity index (χ1) is 9.05. The Kier molecular flexibility index (Phi) is 5.24. The molecule has 0 unspecified atom stereocenters. The van der Waals surface area contributed by atoms with E-state index in [9.17, 15) is 13.2 Å². The Morgan fingerprint density at radius 3 is 2.63 bits per heavy atom. The number of nitrogens with zero attached hydrogens (tertiary/aromatic N) is 1. The first-order valence-electron chi connectivity index (χ1n) is 6.58. The molecule has 2 nitrogen and oxygen atoms in total. The highest BCUT2D eigenvalue weighted by molar-refractivity contribution is 7.09. The summed E-state index contributed by atoms with van der Waals surface area (Å²) in [4.78, 5) is 3.40. The van der Waals surface area contributed by atoms with Crippen molar-refractivity contribution in [1.82, 2.24) is 10.2 Å². The number of rotatable bonds is 5. The van der Waals surface area contributed by atoms with Crippen molar-refractivity contribution >= 4 is 11.3 Å². The van der Waals surface area contributed by atoms with Crippen molar-refractivity contribution in [3.05, 3.63) is 22.4 Å². The van der Waals surface area contributed by atoms with E-state index in [2.05, 4.69) is 16.3 Å². The van der Waals surface area contributed by atoms with Gasteiger partial charge in [-0.15, -0.1) is 11.3 Å². The number of likely N-dealkylation sites (tertiary alicyclic amines) is 1. The van der Waals surface area contributed by atoms with Gasteiger partial charge in [0.2, 0.25) is 0 Å². The lowest BCUT2D eigenvalue weighted by atomic mass is 9.96. The van der Waals surface area contributed by atoms with Gasteiger partial charge in [-0.1, -0.05) is 6.07 Å². The van der Waals surface area contributed by atoms with E-state index in [1.807, 2.05) is 11.4 Å². The van der Waals surface area contributed by atoms with Crippen LogP contribution in [-0.4, -0.2) is 37.3 Å². The summed E-state index contributed by atoms with van der Waals surface area (Å²) in [5, 5.41) is 5.36. The normalized spacial score (nSPS) is 18.9. The third kappa shape index (κ3) is 4.78. The molecule has 2 heterocycles. The summed E-state index contributed by atoms with van der Waals surface area (Å²) in [5.74, 6) is -1.09. The molecule has 1 saturated heterocycles. The molecule has 1 aromatic heterocycles. The van der Waals surface area contributed by atoms with Crippen LogP contribution in [0.2, 0.25) is 0 Å². The molecule has 6 heteroatoms. The average molecular weight is 292 g/mol. The number of piperidine rings is 1. The highest BCUT2D eigenvalue weighted by atomic mass is 32.1. The van der Waals surface area contributed by atoms with E-state index < -0.39 is 12.1 Å². The molecule has 0 aliphatic carbocycles. The number of halogens is 3. The minimum absolute atomic E-state index is 0.244. The van der Waals surface area contributed by atoms with Gasteiger partial charge in [0, 0.05) is 24.5 Å². The molecule has 1 N–H and O–H groups in total. The number of hydrogen-bond donors (Lipinski definition) is 1. The number of thiophene rings is 1. The van der Waals surface area contributed by atoms with Crippen LogP contribution >= 0.6 is 11.3 Å². The van der Waals surface area contributed by atoms with Crippen molar-refractivity contribution in [3.8, 4) is 0 Å². The first kappa shape index (κ1) is 14.8. The molecule has 1 aliphatic heterocycles. The second kappa shape index (κ2) is 6.72. The number of alkyl halides is 3. The molecule has 2 rings (SSSR count). The molecule has 19 heavy (non-hydrogen) atoms. The minimum Gasteiger partial charge on any atom is -0.311 e. The van der Waals surface area contributed by atoms with Crippen LogP contribution in [0.15, 0.2) is 17.5 Å². The fourth-order valence-corrected chi connectivity index (χ4v) is 3.02. The van der Waals surface area contributed by atoms with E-state index in [4.69, 9.17) is 0 Å². The van der Waals surface area contributed by atoms with Gasteiger partial charge in [0.25, 0.3) is 0 Å². The van der Waals surface area contributed by atoms with Crippen LogP contribution < -0.4 is 5.32 Å². The zero-order valence-electron chi connectivity index (χ0n) is 10.7. The minimum atomic E-state index is -4.01. The molecule has 108 valence electrons. The van der Waals surface area contributed by atoms with Gasteiger partial charge < -0.3 is 10.2 Å². The fourth-order valence-electron chi connectivity index (χ4n) is 2.35. The molecule has 0 atom stereocenters. The Hall–Kier alpha value is -0.590. The molecule has 1 fully saturated rings. The molecule has 1 aliphatic rings. The van der Waals surface area contributed by atoms with Gasteiger partial charge >= 0.3 is 6.18 Å². The SMILES string of the molecule is FC(F)(F)C1CCN(CCNCc2cccs2)CC1. The van der Waals surface area contributed by atoms with Gasteiger partial charge in [-0.3, -0.25) is 0 Å². The maximum Gasteiger partial charge on any atom is 0.391 e. The Bertz CT molecular complexity index is 356. The average Bonchev–Trinajstić information content (AvgIpc) is 2.87. The Morgan fingerprint density at radius 1 is 1.32 bits per heavy atom. The second-order valence-corrected chi connectivity index (χ2v) is 5.95. The van der Waals surface area contributed by atoms with Crippen molar-refractivity contribution in [2.75, 3.05) is 26.2 Å². The smallest absolute Gasteiger partial charge is 0.311 e. The fraction of sp³-hybridized carbons (Fsp3) is 0.692. The molecule has 0 radical (unpaired) electrons. The van der Waals surface area contributed by atoms with E-state index in [-0.39, 0.29) is 12.8 Å². The van der Waals surface area contributed by atoms with E-state index in [1.165, 1.54) is 4.88 Å². The van der Waals surface area contributed by atoms with Gasteiger partial charge in [0.05, 0.1) is 5.92 Å². The van der Waals surface area contributed by atoms with E-state index >= 15 is 0 Å². The van der Waals surface area contributed by atoms with Crippen molar-refractivity contribution in [2.45, 2.75) is 25.6 Å². The molecule has 0 spiro atoms. The summed E-state index contributed by atoms with van der Waals surface area (Å²) in [5.41, 5.74) is 0. The second-order valence-electron chi connectivity index (χ2n) is 4.91. The van der Waals surface area contributed by atoms with Crippen LogP contribution in [0.5, 0.6) is 0 Å². The van der Waals surface area contributed by atoms with Crippen LogP contribution in [0.25, 0.3) is 0 Å². The number of hydrogen-bond acceptors (Lipinski definition) is 3. The van der Waals surface area contributed by atoms with Crippen molar-refractivity contribution < 1.29 is 13.2 Å². The van der Waals surface area contributed by atoms with Crippen LogP contribution in [0.3, 0.4) is 0 Å². The quantitative estimate of drug-likeness (QED) is 0.839. The third-order valence-corrected chi connectivity index (χ3v) is 4.41. The summed E-state index contributed by atoms with van der Waals surface area (Å²) < 4.78 is 37.5. The Labute approximate surface area is 115 Å². The standard InChI is InChI=1S/C13H19F3N2S/c14-13(15,16)11-3-6-18(7-4-11)8-5-17-10-12-2-1-9-19-12/h1-2,9,11,17H,3-8,10H2. The summed E-state index contributed by atoms with van der Waals surface area (Å²) in [6.45, 7) is 3.62. The molecular formula is C13H19F3N2S. The lowest BCUT2D eigenvalue weighted by Gasteiger charge is -2.32. The summed E-state index contributed by atoms with van der Waals surface area (Å²) >= 11 is 1.71. The van der Waals surface area contributed by atoms with Crippen LogP contribution in [-0.2, 0) is 6.54 Å². The largest absolute Gasteiger partial charge is 0.391 e. The molecule has 0 aromatic carbocycles. The molecule has 0 saturated carbocycles. The highest BCUT2D eigenvalue weighted by Gasteiger charge is 2.40. The maximum atomic E-state index is 12.5. The maximum absolute atomic E-state index is 12.5. The molecular weight excluding hydrogens is 273 g/mol. The van der Waals surface area contributed by atoms with Crippen molar-refractivity contribution in [2.24, 2.45) is 5.92 Å². The summed E-state index contributed by atoms with van der Waals surface area (Å²) in [7, 11) is 0. The van der Waals surface area contributed by atoms with E-state index in [0.717, 1.165) is 19.6 Å². The predicted molar refractivity (Wildman–Crippen MR) is 71.2 cm³/mol. The Morgan fingerprint density at radius 2 is 2.05 bits per heavy atom. The van der Waals surface area contributed by atoms with Crippen LogP contribution in [0.1, 0.15) is 17.7 Å². The topological polar surface area (TPSA) is 15.3 Å². The lowest BCUT2D eigenvalue weighted by Crippen LogP contribution is -2.41. The van der Waals surface area contributed by atoms with Crippen molar-refractivity contribution in [1.29, 1.82) is 0 Å². The monoisotopic (exact) mass is 292 g/mol. The molecule has 0 bridgehead atoms. The van der Waals surface area contributed by atoms with Gasteiger partial charge in [0.15, 0.2) is 0 Å². The van der Waals surface area contributed by atoms with E-state index in [1.54, 1.807) is 11.3 Å². The summed E-state index contributed by atoms with van der Waals surface area (Å²) in [6.07, 6.45) is -3.52. The number of nitrogens with one attached hydrogen (secondary N) is 1.